The van der Waals surface area contributed by atoms with Gasteiger partial charge in [-0.2, -0.15) is 0 Å². The van der Waals surface area contributed by atoms with Crippen LogP contribution in [0, 0.1) is 0 Å². The average Bonchev–Trinajstić information content (AvgIpc) is 2.72. The lowest BCUT2D eigenvalue weighted by Gasteiger charge is -2.35. The molecule has 2 heterocycles. The monoisotopic (exact) mass is 362 g/mol. The van der Waals surface area contributed by atoms with Gasteiger partial charge >= 0.3 is 0 Å². The molecule has 2 aliphatic rings. The Morgan fingerprint density at radius 2 is 1.77 bits per heavy atom. The van der Waals surface area contributed by atoms with E-state index in [-0.39, 0.29) is 5.91 Å². The van der Waals surface area contributed by atoms with Gasteiger partial charge in [-0.3, -0.25) is 9.69 Å². The number of hydrogen-bond acceptors (Lipinski definition) is 5. The fourth-order valence-corrected chi connectivity index (χ4v) is 3.78. The van der Waals surface area contributed by atoms with Crippen LogP contribution in [0.2, 0.25) is 0 Å². The lowest BCUT2D eigenvalue weighted by atomic mass is 9.73. The third kappa shape index (κ3) is 4.55. The van der Waals surface area contributed by atoms with E-state index in [1.54, 1.807) is 7.05 Å². The van der Waals surface area contributed by atoms with Gasteiger partial charge < -0.3 is 19.5 Å². The molecule has 6 nitrogen and oxygen atoms in total. The predicted octanol–water partition coefficient (Wildman–Crippen LogP) is 1.58. The summed E-state index contributed by atoms with van der Waals surface area (Å²) >= 11 is 0. The summed E-state index contributed by atoms with van der Waals surface area (Å²) in [5.41, 5.74) is 0.558. The second-order valence-electron chi connectivity index (χ2n) is 6.95. The molecule has 1 N–H and O–H groups in total. The van der Waals surface area contributed by atoms with Crippen molar-refractivity contribution in [3.05, 3.63) is 29.8 Å². The molecule has 0 radical (unpaired) electrons. The zero-order valence-electron chi connectivity index (χ0n) is 15.7. The molecule has 1 aromatic rings. The molecular formula is C20H30N2O4. The standard InChI is InChI=1S/C20H30N2O4/c1-21-19(23)20(7-13-24-14-8-20)17-3-5-18(6-4-17)26-12-2-9-22-10-15-25-16-11-22/h3-6H,2,7-16H2,1H3,(H,21,23). The third-order valence-corrected chi connectivity index (χ3v) is 5.41. The number of amides is 1. The largest absolute Gasteiger partial charge is 0.494 e. The highest BCUT2D eigenvalue weighted by Crippen LogP contribution is 2.35. The Morgan fingerprint density at radius 1 is 1.12 bits per heavy atom. The van der Waals surface area contributed by atoms with Crippen molar-refractivity contribution >= 4 is 5.91 Å². The molecule has 2 saturated heterocycles. The van der Waals surface area contributed by atoms with Crippen molar-refractivity contribution in [2.45, 2.75) is 24.7 Å². The molecule has 0 aliphatic carbocycles. The summed E-state index contributed by atoms with van der Waals surface area (Å²) < 4.78 is 16.7. The highest BCUT2D eigenvalue weighted by Gasteiger charge is 2.41. The van der Waals surface area contributed by atoms with Crippen LogP contribution in [-0.2, 0) is 19.7 Å². The molecule has 0 bridgehead atoms. The number of carbonyl (C=O) groups is 1. The van der Waals surface area contributed by atoms with Crippen LogP contribution >= 0.6 is 0 Å². The van der Waals surface area contributed by atoms with E-state index in [4.69, 9.17) is 14.2 Å². The van der Waals surface area contributed by atoms with Crippen LogP contribution in [0.3, 0.4) is 0 Å². The van der Waals surface area contributed by atoms with Crippen molar-refractivity contribution in [2.75, 3.05) is 59.7 Å². The Labute approximate surface area is 155 Å². The van der Waals surface area contributed by atoms with Gasteiger partial charge in [0.15, 0.2) is 0 Å². The lowest BCUT2D eigenvalue weighted by Crippen LogP contribution is -2.46. The molecule has 6 heteroatoms. The van der Waals surface area contributed by atoms with E-state index < -0.39 is 5.41 Å². The molecule has 0 saturated carbocycles. The molecule has 3 rings (SSSR count). The van der Waals surface area contributed by atoms with E-state index in [1.165, 1.54) is 0 Å². The van der Waals surface area contributed by atoms with Crippen molar-refractivity contribution in [1.82, 2.24) is 10.2 Å². The molecule has 0 atom stereocenters. The molecule has 26 heavy (non-hydrogen) atoms. The van der Waals surface area contributed by atoms with E-state index in [0.717, 1.165) is 50.6 Å². The summed E-state index contributed by atoms with van der Waals surface area (Å²) in [6, 6.07) is 8.00. The van der Waals surface area contributed by atoms with E-state index in [0.29, 0.717) is 32.7 Å². The van der Waals surface area contributed by atoms with Gasteiger partial charge in [0.25, 0.3) is 0 Å². The summed E-state index contributed by atoms with van der Waals surface area (Å²) in [4.78, 5) is 14.9. The minimum Gasteiger partial charge on any atom is -0.494 e. The fourth-order valence-electron chi connectivity index (χ4n) is 3.78. The Morgan fingerprint density at radius 3 is 2.42 bits per heavy atom. The van der Waals surface area contributed by atoms with Crippen molar-refractivity contribution in [1.29, 1.82) is 0 Å². The SMILES string of the molecule is CNC(=O)C1(c2ccc(OCCCN3CCOCC3)cc2)CCOCC1. The van der Waals surface area contributed by atoms with Gasteiger partial charge in [-0.25, -0.2) is 0 Å². The first-order valence-corrected chi connectivity index (χ1v) is 9.58. The maximum atomic E-state index is 12.5. The van der Waals surface area contributed by atoms with Crippen LogP contribution in [0.25, 0.3) is 0 Å². The molecule has 1 amide bonds. The van der Waals surface area contributed by atoms with Gasteiger partial charge in [-0.15, -0.1) is 0 Å². The van der Waals surface area contributed by atoms with Gasteiger partial charge in [0, 0.05) is 39.9 Å². The molecular weight excluding hydrogens is 332 g/mol. The van der Waals surface area contributed by atoms with E-state index in [2.05, 4.69) is 10.2 Å². The van der Waals surface area contributed by atoms with Gasteiger partial charge in [-0.1, -0.05) is 12.1 Å². The minimum absolute atomic E-state index is 0.0694. The predicted molar refractivity (Wildman–Crippen MR) is 99.6 cm³/mol. The minimum atomic E-state index is -0.484. The average molecular weight is 362 g/mol. The maximum absolute atomic E-state index is 12.5. The number of likely N-dealkylation sites (N-methyl/N-ethyl adjacent to an activating group) is 1. The molecule has 2 fully saturated rings. The zero-order valence-corrected chi connectivity index (χ0v) is 15.7. The summed E-state index contributed by atoms with van der Waals surface area (Å²) in [6.07, 6.45) is 2.43. The topological polar surface area (TPSA) is 60.0 Å². The lowest BCUT2D eigenvalue weighted by molar-refractivity contribution is -0.129. The fraction of sp³-hybridized carbons (Fsp3) is 0.650. The molecule has 0 aromatic heterocycles. The highest BCUT2D eigenvalue weighted by molar-refractivity contribution is 5.88. The first-order valence-electron chi connectivity index (χ1n) is 9.58. The number of nitrogens with zero attached hydrogens (tertiary/aromatic N) is 1. The molecule has 0 spiro atoms. The van der Waals surface area contributed by atoms with Gasteiger partial charge in [-0.05, 0) is 37.0 Å². The van der Waals surface area contributed by atoms with Gasteiger partial charge in [0.1, 0.15) is 5.75 Å². The van der Waals surface area contributed by atoms with Crippen LogP contribution < -0.4 is 10.1 Å². The Balaban J connectivity index is 1.52. The van der Waals surface area contributed by atoms with Crippen LogP contribution in [0.15, 0.2) is 24.3 Å². The first-order chi connectivity index (χ1) is 12.7. The van der Waals surface area contributed by atoms with Crippen molar-refractivity contribution < 1.29 is 19.0 Å². The van der Waals surface area contributed by atoms with Crippen LogP contribution in [0.5, 0.6) is 5.75 Å². The smallest absolute Gasteiger partial charge is 0.230 e. The maximum Gasteiger partial charge on any atom is 0.230 e. The summed E-state index contributed by atoms with van der Waals surface area (Å²) in [5, 5.41) is 2.82. The van der Waals surface area contributed by atoms with Crippen molar-refractivity contribution in [3.8, 4) is 5.75 Å². The number of carbonyl (C=O) groups excluding carboxylic acids is 1. The zero-order chi connectivity index (χ0) is 18.2. The molecule has 0 unspecified atom stereocenters. The Bertz CT molecular complexity index is 564. The number of benzene rings is 1. The van der Waals surface area contributed by atoms with E-state index >= 15 is 0 Å². The molecule has 2 aliphatic heterocycles. The number of morpholine rings is 1. The second kappa shape index (κ2) is 9.35. The molecule has 144 valence electrons. The number of ether oxygens (including phenoxy) is 3. The first kappa shape index (κ1) is 19.1. The Hall–Kier alpha value is -1.63. The number of rotatable bonds is 7. The van der Waals surface area contributed by atoms with Crippen molar-refractivity contribution in [3.63, 3.8) is 0 Å². The summed E-state index contributed by atoms with van der Waals surface area (Å²) in [7, 11) is 1.70. The van der Waals surface area contributed by atoms with Crippen molar-refractivity contribution in [2.24, 2.45) is 0 Å². The van der Waals surface area contributed by atoms with Crippen LogP contribution in [-0.4, -0.2) is 70.5 Å². The normalized spacial score (nSPS) is 20.5. The summed E-state index contributed by atoms with van der Waals surface area (Å²) in [6.45, 7) is 6.67. The highest BCUT2D eigenvalue weighted by atomic mass is 16.5. The van der Waals surface area contributed by atoms with Crippen LogP contribution in [0.4, 0.5) is 0 Å². The second-order valence-corrected chi connectivity index (χ2v) is 6.95. The summed E-state index contributed by atoms with van der Waals surface area (Å²) in [5.74, 6) is 0.926. The number of hydrogen-bond donors (Lipinski definition) is 1. The van der Waals surface area contributed by atoms with E-state index in [9.17, 15) is 4.79 Å². The van der Waals surface area contributed by atoms with Gasteiger partial charge in [0.2, 0.25) is 5.91 Å². The number of nitrogens with one attached hydrogen (secondary N) is 1. The third-order valence-electron chi connectivity index (χ3n) is 5.41. The molecule has 1 aromatic carbocycles. The van der Waals surface area contributed by atoms with Gasteiger partial charge in [0.05, 0.1) is 25.2 Å². The van der Waals surface area contributed by atoms with Crippen LogP contribution in [0.1, 0.15) is 24.8 Å². The Kier molecular flexibility index (Phi) is 6.88. The van der Waals surface area contributed by atoms with E-state index in [1.807, 2.05) is 24.3 Å². The quantitative estimate of drug-likeness (QED) is 0.747.